The van der Waals surface area contributed by atoms with E-state index in [1.54, 1.807) is 18.2 Å². The first-order valence-corrected chi connectivity index (χ1v) is 11.6. The van der Waals surface area contributed by atoms with Crippen LogP contribution in [0.25, 0.3) is 22.6 Å². The van der Waals surface area contributed by atoms with Crippen LogP contribution < -0.4 is 5.32 Å². The number of nitrogens with zero attached hydrogens (tertiary/aromatic N) is 1. The molecule has 9 heteroatoms. The van der Waals surface area contributed by atoms with Gasteiger partial charge < -0.3 is 9.73 Å². The Hall–Kier alpha value is -3.49. The summed E-state index contributed by atoms with van der Waals surface area (Å²) in [5.74, 6) is -0.625. The third-order valence-corrected chi connectivity index (χ3v) is 6.15. The molecule has 1 amide bonds. The quantitative estimate of drug-likeness (QED) is 0.418. The molecule has 0 bridgehead atoms. The molecule has 0 unspecified atom stereocenters. The summed E-state index contributed by atoms with van der Waals surface area (Å²) >= 11 is 6.22. The topological polar surface area (TPSA) is 89.3 Å². The lowest BCUT2D eigenvalue weighted by molar-refractivity contribution is 0.102. The summed E-state index contributed by atoms with van der Waals surface area (Å²) in [6, 6.07) is 14.5. The molecule has 0 fully saturated rings. The molecule has 0 saturated carbocycles. The van der Waals surface area contributed by atoms with E-state index in [1.165, 1.54) is 54.9 Å². The van der Waals surface area contributed by atoms with Crippen molar-refractivity contribution in [2.75, 3.05) is 11.6 Å². The third-order valence-electron chi connectivity index (χ3n) is 4.71. The first-order chi connectivity index (χ1) is 15.2. The molecule has 0 aliphatic carbocycles. The standard InChI is InChI=1S/C23H16ClFN2O4S/c1-32(29,30)17-7-8-18(19(13-17)14-2-4-15(25)5-3-14)22(28)27-16-6-9-21(24)20(12-16)23-26-10-11-31-23/h2-13H,1H3,(H,27,28). The van der Waals surface area contributed by atoms with Gasteiger partial charge in [0.15, 0.2) is 9.84 Å². The van der Waals surface area contributed by atoms with Crippen LogP contribution in [0.2, 0.25) is 5.02 Å². The van der Waals surface area contributed by atoms with Crippen molar-refractivity contribution >= 4 is 33.0 Å². The van der Waals surface area contributed by atoms with Gasteiger partial charge in [-0.25, -0.2) is 17.8 Å². The second-order valence-electron chi connectivity index (χ2n) is 6.97. The van der Waals surface area contributed by atoms with E-state index in [4.69, 9.17) is 16.0 Å². The van der Waals surface area contributed by atoms with E-state index >= 15 is 0 Å². The summed E-state index contributed by atoms with van der Waals surface area (Å²) in [5, 5.41) is 3.18. The van der Waals surface area contributed by atoms with E-state index in [1.807, 2.05) is 0 Å². The van der Waals surface area contributed by atoms with Crippen molar-refractivity contribution in [3.8, 4) is 22.6 Å². The van der Waals surface area contributed by atoms with Crippen LogP contribution in [0.15, 0.2) is 82.4 Å². The molecule has 0 aliphatic heterocycles. The molecule has 4 rings (SSSR count). The number of hydrogen-bond acceptors (Lipinski definition) is 5. The second kappa shape index (κ2) is 8.57. The minimum Gasteiger partial charge on any atom is -0.444 e. The molecule has 0 saturated heterocycles. The number of benzene rings is 3. The van der Waals surface area contributed by atoms with E-state index < -0.39 is 21.6 Å². The number of sulfone groups is 1. The molecule has 6 nitrogen and oxygen atoms in total. The number of nitrogens with one attached hydrogen (secondary N) is 1. The van der Waals surface area contributed by atoms with Gasteiger partial charge >= 0.3 is 0 Å². The van der Waals surface area contributed by atoms with E-state index in [2.05, 4.69) is 10.3 Å². The van der Waals surface area contributed by atoms with E-state index in [0.717, 1.165) is 6.26 Å². The van der Waals surface area contributed by atoms with Crippen molar-refractivity contribution in [2.24, 2.45) is 0 Å². The Kier molecular flexibility index (Phi) is 5.82. The van der Waals surface area contributed by atoms with E-state index in [0.29, 0.717) is 33.3 Å². The number of rotatable bonds is 5. The molecule has 1 aromatic heterocycles. The van der Waals surface area contributed by atoms with Crippen LogP contribution in [0.1, 0.15) is 10.4 Å². The molecule has 162 valence electrons. The first kappa shape index (κ1) is 21.7. The van der Waals surface area contributed by atoms with Gasteiger partial charge in [-0.1, -0.05) is 23.7 Å². The number of hydrogen-bond donors (Lipinski definition) is 1. The highest BCUT2D eigenvalue weighted by atomic mass is 35.5. The fourth-order valence-electron chi connectivity index (χ4n) is 3.14. The maximum absolute atomic E-state index is 13.4. The van der Waals surface area contributed by atoms with E-state index in [9.17, 15) is 17.6 Å². The third kappa shape index (κ3) is 4.56. The predicted octanol–water partition coefficient (Wildman–Crippen LogP) is 5.46. The van der Waals surface area contributed by atoms with Crippen LogP contribution in [0.5, 0.6) is 0 Å². The van der Waals surface area contributed by atoms with Crippen LogP contribution in [-0.2, 0) is 9.84 Å². The Morgan fingerprint density at radius 3 is 2.44 bits per heavy atom. The number of carbonyl (C=O) groups is 1. The summed E-state index contributed by atoms with van der Waals surface area (Å²) in [6.07, 6.45) is 3.97. The molecule has 4 aromatic rings. The summed E-state index contributed by atoms with van der Waals surface area (Å²) in [4.78, 5) is 17.2. The van der Waals surface area contributed by atoms with Crippen molar-refractivity contribution in [3.05, 3.63) is 89.5 Å². The maximum atomic E-state index is 13.4. The molecular formula is C23H16ClFN2O4S. The number of carbonyl (C=O) groups excluding carboxylic acids is 1. The lowest BCUT2D eigenvalue weighted by atomic mass is 9.99. The van der Waals surface area contributed by atoms with Gasteiger partial charge in [0.2, 0.25) is 5.89 Å². The van der Waals surface area contributed by atoms with Crippen LogP contribution in [-0.4, -0.2) is 25.6 Å². The fourth-order valence-corrected chi connectivity index (χ4v) is 3.99. The normalized spacial score (nSPS) is 11.3. The van der Waals surface area contributed by atoms with Gasteiger partial charge in [0, 0.05) is 17.5 Å². The van der Waals surface area contributed by atoms with Crippen molar-refractivity contribution in [1.29, 1.82) is 0 Å². The minimum absolute atomic E-state index is 0.0473. The molecular weight excluding hydrogens is 455 g/mol. The molecule has 1 heterocycles. The zero-order chi connectivity index (χ0) is 22.9. The fraction of sp³-hybridized carbons (Fsp3) is 0.0435. The first-order valence-electron chi connectivity index (χ1n) is 9.33. The van der Waals surface area contributed by atoms with Gasteiger partial charge in [0.05, 0.1) is 21.7 Å². The Bertz CT molecular complexity index is 1400. The Morgan fingerprint density at radius 2 is 1.78 bits per heavy atom. The largest absolute Gasteiger partial charge is 0.444 e. The van der Waals surface area contributed by atoms with Crippen molar-refractivity contribution in [2.45, 2.75) is 4.90 Å². The molecule has 0 radical (unpaired) electrons. The number of aromatic nitrogens is 1. The van der Waals surface area contributed by atoms with Gasteiger partial charge in [-0.3, -0.25) is 4.79 Å². The van der Waals surface area contributed by atoms with Crippen LogP contribution in [0.4, 0.5) is 10.1 Å². The molecule has 0 atom stereocenters. The van der Waals surface area contributed by atoms with Crippen molar-refractivity contribution in [3.63, 3.8) is 0 Å². The Labute approximate surface area is 188 Å². The summed E-state index contributed by atoms with van der Waals surface area (Å²) in [7, 11) is -3.52. The zero-order valence-electron chi connectivity index (χ0n) is 16.7. The predicted molar refractivity (Wildman–Crippen MR) is 120 cm³/mol. The molecule has 1 N–H and O–H groups in total. The van der Waals surface area contributed by atoms with Gasteiger partial charge in [0.25, 0.3) is 5.91 Å². The Morgan fingerprint density at radius 1 is 1.03 bits per heavy atom. The summed E-state index contributed by atoms with van der Waals surface area (Å²) < 4.78 is 42.8. The molecule has 3 aromatic carbocycles. The smallest absolute Gasteiger partial charge is 0.256 e. The summed E-state index contributed by atoms with van der Waals surface area (Å²) in [6.45, 7) is 0. The van der Waals surface area contributed by atoms with Crippen LogP contribution in [0, 0.1) is 5.82 Å². The van der Waals surface area contributed by atoms with Crippen LogP contribution >= 0.6 is 11.6 Å². The zero-order valence-corrected chi connectivity index (χ0v) is 18.2. The Balaban J connectivity index is 1.74. The highest BCUT2D eigenvalue weighted by Gasteiger charge is 2.18. The average Bonchev–Trinajstić information content (AvgIpc) is 3.29. The average molecular weight is 471 g/mol. The molecule has 32 heavy (non-hydrogen) atoms. The van der Waals surface area contributed by atoms with E-state index in [-0.39, 0.29) is 10.5 Å². The van der Waals surface area contributed by atoms with Gasteiger partial charge in [-0.05, 0) is 59.7 Å². The van der Waals surface area contributed by atoms with Gasteiger partial charge in [-0.2, -0.15) is 0 Å². The number of amides is 1. The number of halogens is 2. The van der Waals surface area contributed by atoms with Crippen LogP contribution in [0.3, 0.4) is 0 Å². The van der Waals surface area contributed by atoms with Gasteiger partial charge in [-0.15, -0.1) is 0 Å². The highest BCUT2D eigenvalue weighted by molar-refractivity contribution is 7.90. The lowest BCUT2D eigenvalue weighted by Gasteiger charge is -2.13. The maximum Gasteiger partial charge on any atom is 0.256 e. The summed E-state index contributed by atoms with van der Waals surface area (Å²) in [5.41, 5.74) is 2.01. The molecule has 0 spiro atoms. The van der Waals surface area contributed by atoms with Crippen molar-refractivity contribution < 1.29 is 22.0 Å². The second-order valence-corrected chi connectivity index (χ2v) is 9.40. The number of anilines is 1. The molecule has 0 aliphatic rings. The monoisotopic (exact) mass is 470 g/mol. The highest BCUT2D eigenvalue weighted by Crippen LogP contribution is 2.31. The lowest BCUT2D eigenvalue weighted by Crippen LogP contribution is -2.14. The van der Waals surface area contributed by atoms with Gasteiger partial charge in [0.1, 0.15) is 12.1 Å². The minimum atomic E-state index is -3.52. The van der Waals surface area contributed by atoms with Crippen molar-refractivity contribution in [1.82, 2.24) is 4.98 Å². The SMILES string of the molecule is CS(=O)(=O)c1ccc(C(=O)Nc2ccc(Cl)c(-c3ncco3)c2)c(-c2ccc(F)cc2)c1. The number of oxazole rings is 1.